The Morgan fingerprint density at radius 1 is 1.58 bits per heavy atom. The van der Waals surface area contributed by atoms with Crippen LogP contribution in [0, 0.1) is 0 Å². The maximum Gasteiger partial charge on any atom is 0.375 e. The van der Waals surface area contributed by atoms with Crippen molar-refractivity contribution in [1.82, 2.24) is 14.8 Å². The first kappa shape index (κ1) is 8.70. The van der Waals surface area contributed by atoms with Gasteiger partial charge in [0, 0.05) is 0 Å². The smallest absolute Gasteiger partial charge is 0.375 e. The monoisotopic (exact) mass is 169 g/mol. The molecule has 1 N–H and O–H groups in total. The van der Waals surface area contributed by atoms with Crippen LogP contribution in [0.25, 0.3) is 0 Å². The first-order valence-electron chi connectivity index (χ1n) is 3.56. The molecule has 0 fully saturated rings. The van der Waals surface area contributed by atoms with E-state index in [1.807, 2.05) is 20.8 Å². The second-order valence-corrected chi connectivity index (χ2v) is 3.49. The van der Waals surface area contributed by atoms with Gasteiger partial charge in [0.25, 0.3) is 5.82 Å². The van der Waals surface area contributed by atoms with Crippen LogP contribution in [0.5, 0.6) is 0 Å². The van der Waals surface area contributed by atoms with Crippen LogP contribution in [0.4, 0.5) is 0 Å². The minimum absolute atomic E-state index is 0.162. The minimum Gasteiger partial charge on any atom is -0.475 e. The second kappa shape index (κ2) is 2.58. The summed E-state index contributed by atoms with van der Waals surface area (Å²) in [5.41, 5.74) is -0.222. The highest BCUT2D eigenvalue weighted by Crippen LogP contribution is 2.10. The summed E-state index contributed by atoms with van der Waals surface area (Å²) in [5, 5.41) is 12.3. The van der Waals surface area contributed by atoms with Gasteiger partial charge in [0.15, 0.2) is 0 Å². The number of aromatic carboxylic acids is 1. The number of rotatable bonds is 1. The fourth-order valence-electron chi connectivity index (χ4n) is 0.684. The topological polar surface area (TPSA) is 68.0 Å². The zero-order valence-corrected chi connectivity index (χ0v) is 7.27. The molecule has 5 heteroatoms. The molecule has 1 rings (SSSR count). The third kappa shape index (κ3) is 1.61. The molecule has 0 bridgehead atoms. The van der Waals surface area contributed by atoms with Crippen molar-refractivity contribution in [2.75, 3.05) is 0 Å². The summed E-state index contributed by atoms with van der Waals surface area (Å²) in [6.45, 7) is 5.77. The molecule has 0 aliphatic rings. The fraction of sp³-hybridized carbons (Fsp3) is 0.571. The highest BCUT2D eigenvalue weighted by atomic mass is 16.4. The Morgan fingerprint density at radius 3 is 2.42 bits per heavy atom. The van der Waals surface area contributed by atoms with E-state index in [0.717, 1.165) is 0 Å². The predicted octanol–water partition coefficient (Wildman–Crippen LogP) is 0.731. The lowest BCUT2D eigenvalue weighted by Crippen LogP contribution is -2.22. The lowest BCUT2D eigenvalue weighted by Gasteiger charge is -2.17. The number of hydrogen-bond donors (Lipinski definition) is 1. The van der Waals surface area contributed by atoms with E-state index in [4.69, 9.17) is 5.11 Å². The average Bonchev–Trinajstić information content (AvgIpc) is 2.30. The number of aromatic nitrogens is 3. The van der Waals surface area contributed by atoms with Crippen molar-refractivity contribution in [3.05, 3.63) is 12.2 Å². The van der Waals surface area contributed by atoms with Gasteiger partial charge < -0.3 is 5.11 Å². The van der Waals surface area contributed by atoms with Gasteiger partial charge >= 0.3 is 5.97 Å². The molecule has 1 heterocycles. The molecule has 66 valence electrons. The fourth-order valence-corrected chi connectivity index (χ4v) is 0.684. The Bertz CT molecular complexity index is 298. The lowest BCUT2D eigenvalue weighted by atomic mass is 10.1. The molecule has 0 saturated carbocycles. The highest BCUT2D eigenvalue weighted by molar-refractivity contribution is 5.82. The Hall–Kier alpha value is -1.39. The van der Waals surface area contributed by atoms with Gasteiger partial charge in [0.2, 0.25) is 0 Å². The Morgan fingerprint density at radius 2 is 2.17 bits per heavy atom. The number of carbonyl (C=O) groups is 1. The van der Waals surface area contributed by atoms with E-state index in [9.17, 15) is 4.79 Å². The molecule has 0 amide bonds. The van der Waals surface area contributed by atoms with Gasteiger partial charge in [-0.05, 0) is 20.8 Å². The molecule has 1 aromatic heterocycles. The third-order valence-electron chi connectivity index (χ3n) is 1.37. The molecule has 0 aromatic carbocycles. The van der Waals surface area contributed by atoms with Crippen molar-refractivity contribution < 1.29 is 9.90 Å². The summed E-state index contributed by atoms with van der Waals surface area (Å²) in [6, 6.07) is 0. The van der Waals surface area contributed by atoms with Crippen molar-refractivity contribution in [2.45, 2.75) is 26.3 Å². The van der Waals surface area contributed by atoms with Gasteiger partial charge in [0.1, 0.15) is 6.33 Å². The zero-order chi connectivity index (χ0) is 9.35. The van der Waals surface area contributed by atoms with E-state index in [1.165, 1.54) is 11.0 Å². The molecule has 0 aliphatic carbocycles. The van der Waals surface area contributed by atoms with E-state index in [1.54, 1.807) is 0 Å². The summed E-state index contributed by atoms with van der Waals surface area (Å²) < 4.78 is 1.52. The molecular formula is C7H11N3O2. The van der Waals surface area contributed by atoms with Gasteiger partial charge in [0.05, 0.1) is 5.54 Å². The molecule has 0 atom stereocenters. The standard InChI is InChI=1S/C7H11N3O2/c1-7(2,3)10-4-8-5(9-10)6(11)12/h4H,1-3H3,(H,11,12). The second-order valence-electron chi connectivity index (χ2n) is 3.49. The van der Waals surface area contributed by atoms with Crippen LogP contribution in [0.1, 0.15) is 31.4 Å². The largest absolute Gasteiger partial charge is 0.475 e. The number of carboxylic acid groups (broad SMARTS) is 1. The molecule has 5 nitrogen and oxygen atoms in total. The number of carboxylic acids is 1. The number of hydrogen-bond acceptors (Lipinski definition) is 3. The SMILES string of the molecule is CC(C)(C)n1cnc(C(=O)O)n1. The molecule has 0 saturated heterocycles. The van der Waals surface area contributed by atoms with Crippen LogP contribution in [-0.2, 0) is 5.54 Å². The van der Waals surface area contributed by atoms with Crippen LogP contribution < -0.4 is 0 Å². The van der Waals surface area contributed by atoms with Crippen LogP contribution in [-0.4, -0.2) is 25.8 Å². The summed E-state index contributed by atoms with van der Waals surface area (Å²) >= 11 is 0. The van der Waals surface area contributed by atoms with Gasteiger partial charge in [-0.3, -0.25) is 0 Å². The van der Waals surface area contributed by atoms with E-state index >= 15 is 0 Å². The average molecular weight is 169 g/mol. The Balaban J connectivity index is 3.00. The first-order chi connectivity index (χ1) is 5.41. The maximum absolute atomic E-state index is 10.4. The number of nitrogens with zero attached hydrogens (tertiary/aromatic N) is 3. The molecule has 0 unspecified atom stereocenters. The van der Waals surface area contributed by atoms with Crippen molar-refractivity contribution in [1.29, 1.82) is 0 Å². The Kier molecular flexibility index (Phi) is 1.87. The predicted molar refractivity (Wildman–Crippen MR) is 42.0 cm³/mol. The van der Waals surface area contributed by atoms with Gasteiger partial charge in [-0.1, -0.05) is 0 Å². The van der Waals surface area contributed by atoms with E-state index in [2.05, 4.69) is 10.1 Å². The van der Waals surface area contributed by atoms with Crippen LogP contribution >= 0.6 is 0 Å². The van der Waals surface area contributed by atoms with Crippen molar-refractivity contribution in [3.63, 3.8) is 0 Å². The molecule has 0 radical (unpaired) electrons. The summed E-state index contributed by atoms with van der Waals surface area (Å²) in [4.78, 5) is 14.0. The molecule has 0 aliphatic heterocycles. The molecular weight excluding hydrogens is 158 g/mol. The van der Waals surface area contributed by atoms with Gasteiger partial charge in [-0.15, -0.1) is 5.10 Å². The van der Waals surface area contributed by atoms with E-state index in [-0.39, 0.29) is 11.4 Å². The quantitative estimate of drug-likeness (QED) is 0.673. The molecule has 12 heavy (non-hydrogen) atoms. The van der Waals surface area contributed by atoms with Crippen LogP contribution in [0.3, 0.4) is 0 Å². The normalized spacial score (nSPS) is 11.6. The van der Waals surface area contributed by atoms with E-state index < -0.39 is 5.97 Å². The van der Waals surface area contributed by atoms with Gasteiger partial charge in [-0.25, -0.2) is 14.5 Å². The van der Waals surface area contributed by atoms with Crippen molar-refractivity contribution >= 4 is 5.97 Å². The first-order valence-corrected chi connectivity index (χ1v) is 3.56. The summed E-state index contributed by atoms with van der Waals surface area (Å²) in [6.07, 6.45) is 1.42. The molecule has 0 spiro atoms. The maximum atomic E-state index is 10.4. The van der Waals surface area contributed by atoms with Crippen molar-refractivity contribution in [3.8, 4) is 0 Å². The highest BCUT2D eigenvalue weighted by Gasteiger charge is 2.17. The van der Waals surface area contributed by atoms with Crippen LogP contribution in [0.15, 0.2) is 6.33 Å². The third-order valence-corrected chi connectivity index (χ3v) is 1.37. The summed E-state index contributed by atoms with van der Waals surface area (Å²) in [7, 11) is 0. The zero-order valence-electron chi connectivity index (χ0n) is 7.27. The Labute approximate surface area is 70.0 Å². The van der Waals surface area contributed by atoms with E-state index in [0.29, 0.717) is 0 Å². The summed E-state index contributed by atoms with van der Waals surface area (Å²) in [5.74, 6) is -1.26. The lowest BCUT2D eigenvalue weighted by molar-refractivity contribution is 0.0682. The molecule has 1 aromatic rings. The van der Waals surface area contributed by atoms with Crippen LogP contribution in [0.2, 0.25) is 0 Å². The van der Waals surface area contributed by atoms with Gasteiger partial charge in [-0.2, -0.15) is 0 Å². The van der Waals surface area contributed by atoms with Crippen molar-refractivity contribution in [2.24, 2.45) is 0 Å². The minimum atomic E-state index is -1.10.